The molecule has 1 atom stereocenters. The average molecular weight is 392 g/mol. The first-order valence-electron chi connectivity index (χ1n) is 8.28. The summed E-state index contributed by atoms with van der Waals surface area (Å²) in [5.41, 5.74) is -0.231. The summed E-state index contributed by atoms with van der Waals surface area (Å²) in [7, 11) is 0. The van der Waals surface area contributed by atoms with E-state index < -0.39 is 35.5 Å². The fourth-order valence-electron chi connectivity index (χ4n) is 2.63. The zero-order valence-corrected chi connectivity index (χ0v) is 14.3. The minimum atomic E-state index is -4.52. The molecule has 3 N–H and O–H groups in total. The van der Waals surface area contributed by atoms with Crippen LogP contribution in [0.15, 0.2) is 42.6 Å². The summed E-state index contributed by atoms with van der Waals surface area (Å²) in [4.78, 5) is 40.0. The van der Waals surface area contributed by atoms with Gasteiger partial charge >= 0.3 is 6.18 Å². The first-order chi connectivity index (χ1) is 13.2. The van der Waals surface area contributed by atoms with E-state index in [-0.39, 0.29) is 18.7 Å². The molecule has 0 aliphatic carbocycles. The van der Waals surface area contributed by atoms with Crippen molar-refractivity contribution in [1.29, 1.82) is 0 Å². The highest BCUT2D eigenvalue weighted by Gasteiger charge is 2.31. The van der Waals surface area contributed by atoms with Crippen LogP contribution in [0.2, 0.25) is 0 Å². The lowest BCUT2D eigenvalue weighted by Crippen LogP contribution is -2.41. The van der Waals surface area contributed by atoms with Crippen molar-refractivity contribution in [3.8, 4) is 0 Å². The predicted molar refractivity (Wildman–Crippen MR) is 93.4 cm³/mol. The second-order valence-corrected chi connectivity index (χ2v) is 6.08. The van der Waals surface area contributed by atoms with Gasteiger partial charge in [-0.25, -0.2) is 4.98 Å². The van der Waals surface area contributed by atoms with E-state index in [0.29, 0.717) is 17.4 Å². The van der Waals surface area contributed by atoms with Crippen LogP contribution in [0.4, 0.5) is 24.7 Å². The van der Waals surface area contributed by atoms with Gasteiger partial charge < -0.3 is 16.0 Å². The van der Waals surface area contributed by atoms with E-state index in [2.05, 4.69) is 20.9 Å². The van der Waals surface area contributed by atoms with Crippen molar-refractivity contribution in [2.75, 3.05) is 10.6 Å². The fourth-order valence-corrected chi connectivity index (χ4v) is 2.63. The van der Waals surface area contributed by atoms with Crippen LogP contribution >= 0.6 is 0 Å². The van der Waals surface area contributed by atoms with E-state index in [1.165, 1.54) is 0 Å². The van der Waals surface area contributed by atoms with E-state index in [4.69, 9.17) is 0 Å². The molecule has 146 valence electrons. The molecular formula is C18H15F3N4O3. The van der Waals surface area contributed by atoms with Gasteiger partial charge in [-0.3, -0.25) is 14.4 Å². The molecular weight excluding hydrogens is 377 g/mol. The van der Waals surface area contributed by atoms with Crippen molar-refractivity contribution >= 4 is 29.2 Å². The number of hydrogen-bond donors (Lipinski definition) is 3. The van der Waals surface area contributed by atoms with Crippen molar-refractivity contribution in [2.24, 2.45) is 0 Å². The molecule has 2 aromatic rings. The third-order valence-electron chi connectivity index (χ3n) is 4.07. The molecule has 0 unspecified atom stereocenters. The number of amides is 3. The first kappa shape index (κ1) is 19.3. The Bertz CT molecular complexity index is 913. The Balaban J connectivity index is 1.57. The zero-order valence-electron chi connectivity index (χ0n) is 14.3. The Morgan fingerprint density at radius 3 is 2.57 bits per heavy atom. The minimum absolute atomic E-state index is 0.0119. The number of hydrogen-bond acceptors (Lipinski definition) is 4. The van der Waals surface area contributed by atoms with Gasteiger partial charge in [-0.05, 0) is 30.7 Å². The van der Waals surface area contributed by atoms with Crippen LogP contribution in [0.3, 0.4) is 0 Å². The van der Waals surface area contributed by atoms with Crippen molar-refractivity contribution in [3.05, 3.63) is 53.7 Å². The number of carbonyl (C=O) groups excluding carboxylic acids is 3. The summed E-state index contributed by atoms with van der Waals surface area (Å²) in [6, 6.07) is 7.42. The van der Waals surface area contributed by atoms with Crippen LogP contribution in [0, 0.1) is 0 Å². The highest BCUT2D eigenvalue weighted by atomic mass is 19.4. The number of benzene rings is 1. The molecule has 1 aliphatic heterocycles. The maximum atomic E-state index is 12.5. The summed E-state index contributed by atoms with van der Waals surface area (Å²) in [6.45, 7) is 0. The summed E-state index contributed by atoms with van der Waals surface area (Å²) < 4.78 is 37.5. The number of nitrogens with one attached hydrogen (secondary N) is 3. The second kappa shape index (κ2) is 7.67. The topological polar surface area (TPSA) is 100 Å². The Hall–Kier alpha value is -3.43. The lowest BCUT2D eigenvalue weighted by molar-refractivity contribution is -0.137. The molecule has 10 heteroatoms. The molecule has 28 heavy (non-hydrogen) atoms. The van der Waals surface area contributed by atoms with Crippen LogP contribution in [0.5, 0.6) is 0 Å². The number of nitrogens with zero attached hydrogens (tertiary/aromatic N) is 1. The van der Waals surface area contributed by atoms with Gasteiger partial charge in [0.15, 0.2) is 0 Å². The maximum Gasteiger partial charge on any atom is 0.417 e. The minimum Gasteiger partial charge on any atom is -0.340 e. The Morgan fingerprint density at radius 1 is 1.14 bits per heavy atom. The SMILES string of the molecule is O=C(CC[C@@H]1NC(=O)c2ccccc2NC1=O)Nc1ccc(C(F)(F)F)cn1. The van der Waals surface area contributed by atoms with Gasteiger partial charge in [-0.2, -0.15) is 13.2 Å². The molecule has 0 saturated carbocycles. The average Bonchev–Trinajstić information content (AvgIpc) is 2.76. The van der Waals surface area contributed by atoms with Crippen molar-refractivity contribution in [2.45, 2.75) is 25.1 Å². The second-order valence-electron chi connectivity index (χ2n) is 6.08. The third-order valence-corrected chi connectivity index (χ3v) is 4.07. The zero-order chi connectivity index (χ0) is 20.3. The van der Waals surface area contributed by atoms with Gasteiger partial charge in [0.1, 0.15) is 11.9 Å². The number of aromatic nitrogens is 1. The number of rotatable bonds is 4. The Kier molecular flexibility index (Phi) is 5.30. The van der Waals surface area contributed by atoms with E-state index in [1.54, 1.807) is 24.3 Å². The van der Waals surface area contributed by atoms with E-state index in [1.807, 2.05) is 0 Å². The Morgan fingerprint density at radius 2 is 1.89 bits per heavy atom. The molecule has 0 fully saturated rings. The maximum absolute atomic E-state index is 12.5. The number of fused-ring (bicyclic) bond motifs is 1. The van der Waals surface area contributed by atoms with Gasteiger partial charge in [0, 0.05) is 12.6 Å². The molecule has 3 rings (SSSR count). The van der Waals surface area contributed by atoms with Crippen molar-refractivity contribution < 1.29 is 27.6 Å². The van der Waals surface area contributed by atoms with Crippen molar-refractivity contribution in [1.82, 2.24) is 10.3 Å². The molecule has 0 saturated heterocycles. The highest BCUT2D eigenvalue weighted by Crippen LogP contribution is 2.28. The molecule has 0 spiro atoms. The number of anilines is 2. The van der Waals surface area contributed by atoms with E-state index in [9.17, 15) is 27.6 Å². The summed E-state index contributed by atoms with van der Waals surface area (Å²) in [5.74, 6) is -1.49. The molecule has 1 aromatic carbocycles. The summed E-state index contributed by atoms with van der Waals surface area (Å²) >= 11 is 0. The van der Waals surface area contributed by atoms with Gasteiger partial charge in [0.05, 0.1) is 16.8 Å². The lowest BCUT2D eigenvalue weighted by atomic mass is 10.1. The van der Waals surface area contributed by atoms with Crippen molar-refractivity contribution in [3.63, 3.8) is 0 Å². The Labute approximate surface area is 157 Å². The standard InChI is InChI=1S/C18H15F3N4O3/c19-18(20,21)10-5-7-14(22-9-10)25-15(26)8-6-13-17(28)23-12-4-2-1-3-11(12)16(27)24-13/h1-5,7,9,13H,6,8H2,(H,23,28)(H,24,27)(H,22,25,26)/t13-/m0/s1. The van der Waals surface area contributed by atoms with Crippen LogP contribution < -0.4 is 16.0 Å². The number of halogens is 3. The van der Waals surface area contributed by atoms with Crippen LogP contribution in [0.25, 0.3) is 0 Å². The van der Waals surface area contributed by atoms with Crippen LogP contribution in [0.1, 0.15) is 28.8 Å². The quantitative estimate of drug-likeness (QED) is 0.745. The highest BCUT2D eigenvalue weighted by molar-refractivity contribution is 6.09. The first-order valence-corrected chi connectivity index (χ1v) is 8.28. The lowest BCUT2D eigenvalue weighted by Gasteiger charge is -2.14. The number of para-hydroxylation sites is 1. The molecule has 7 nitrogen and oxygen atoms in total. The van der Waals surface area contributed by atoms with Gasteiger partial charge in [-0.1, -0.05) is 12.1 Å². The molecule has 0 bridgehead atoms. The predicted octanol–water partition coefficient (Wildman–Crippen LogP) is 2.57. The molecule has 0 radical (unpaired) electrons. The number of alkyl halides is 3. The molecule has 2 heterocycles. The van der Waals surface area contributed by atoms with Crippen LogP contribution in [-0.2, 0) is 15.8 Å². The van der Waals surface area contributed by atoms with E-state index in [0.717, 1.165) is 12.1 Å². The normalized spacial score (nSPS) is 16.5. The van der Waals surface area contributed by atoms with Gasteiger partial charge in [0.25, 0.3) is 5.91 Å². The third kappa shape index (κ3) is 4.45. The summed E-state index contributed by atoms with van der Waals surface area (Å²) in [6.07, 6.45) is -4.03. The molecule has 1 aliphatic rings. The van der Waals surface area contributed by atoms with E-state index >= 15 is 0 Å². The van der Waals surface area contributed by atoms with Gasteiger partial charge in [-0.15, -0.1) is 0 Å². The fraction of sp³-hybridized carbons (Fsp3) is 0.222. The number of carbonyl (C=O) groups is 3. The molecule has 1 aromatic heterocycles. The van der Waals surface area contributed by atoms with Crippen LogP contribution in [-0.4, -0.2) is 28.7 Å². The largest absolute Gasteiger partial charge is 0.417 e. The smallest absolute Gasteiger partial charge is 0.340 e. The van der Waals surface area contributed by atoms with Gasteiger partial charge in [0.2, 0.25) is 11.8 Å². The summed E-state index contributed by atoms with van der Waals surface area (Å²) in [5, 5.41) is 7.54. The monoisotopic (exact) mass is 392 g/mol. The molecule has 3 amide bonds. The number of pyridine rings is 1.